The van der Waals surface area contributed by atoms with Gasteiger partial charge in [0.25, 0.3) is 0 Å². The van der Waals surface area contributed by atoms with E-state index in [1.54, 1.807) is 7.11 Å². The lowest BCUT2D eigenvalue weighted by atomic mass is 9.69. The van der Waals surface area contributed by atoms with Gasteiger partial charge >= 0.3 is 0 Å². The van der Waals surface area contributed by atoms with Gasteiger partial charge < -0.3 is 19.5 Å². The average molecular weight is 413 g/mol. The molecule has 0 amide bonds. The van der Waals surface area contributed by atoms with Crippen LogP contribution >= 0.6 is 0 Å². The molecular formula is C25H36N2O3. The molecule has 4 atom stereocenters. The Morgan fingerprint density at radius 1 is 1.23 bits per heavy atom. The molecule has 4 aliphatic rings. The van der Waals surface area contributed by atoms with Crippen molar-refractivity contribution in [1.82, 2.24) is 9.80 Å². The van der Waals surface area contributed by atoms with Gasteiger partial charge in [0.05, 0.1) is 18.6 Å². The SMILES string of the molecule is COc1ccc2c3c1O[C@H]1C[C@@H](O)C=C[C@]31CCN(CCC(C)N1CCCCC1)C2. The predicted octanol–water partition coefficient (Wildman–Crippen LogP) is 3.49. The molecule has 5 heteroatoms. The van der Waals surface area contributed by atoms with E-state index in [-0.39, 0.29) is 11.5 Å². The van der Waals surface area contributed by atoms with Gasteiger partial charge in [-0.1, -0.05) is 24.6 Å². The molecule has 1 aromatic rings. The predicted molar refractivity (Wildman–Crippen MR) is 118 cm³/mol. The molecular weight excluding hydrogens is 376 g/mol. The monoisotopic (exact) mass is 412 g/mol. The minimum atomic E-state index is -0.422. The first-order chi connectivity index (χ1) is 14.6. The number of aliphatic hydroxyl groups is 1. The molecule has 0 radical (unpaired) electrons. The average Bonchev–Trinajstić information content (AvgIpc) is 3.01. The summed E-state index contributed by atoms with van der Waals surface area (Å²) in [5.74, 6) is 1.72. The molecule has 0 aromatic heterocycles. The molecule has 1 N–H and O–H groups in total. The lowest BCUT2D eigenvalue weighted by molar-refractivity contribution is 0.0800. The van der Waals surface area contributed by atoms with Gasteiger partial charge in [0.1, 0.15) is 6.10 Å². The second-order valence-electron chi connectivity index (χ2n) is 9.70. The summed E-state index contributed by atoms with van der Waals surface area (Å²) in [6.07, 6.45) is 10.8. The summed E-state index contributed by atoms with van der Waals surface area (Å²) in [7, 11) is 1.71. The van der Waals surface area contributed by atoms with Gasteiger partial charge in [-0.25, -0.2) is 0 Å². The number of nitrogens with zero attached hydrogens (tertiary/aromatic N) is 2. The zero-order valence-corrected chi connectivity index (χ0v) is 18.5. The molecule has 0 bridgehead atoms. The van der Waals surface area contributed by atoms with Crippen molar-refractivity contribution in [2.24, 2.45) is 0 Å². The molecule has 0 saturated carbocycles. The number of aliphatic hydroxyl groups excluding tert-OH is 1. The Morgan fingerprint density at radius 2 is 2.07 bits per heavy atom. The van der Waals surface area contributed by atoms with Crippen LogP contribution in [-0.2, 0) is 12.0 Å². The lowest BCUT2D eigenvalue weighted by Crippen LogP contribution is -2.43. The van der Waals surface area contributed by atoms with E-state index in [0.717, 1.165) is 37.6 Å². The molecule has 3 heterocycles. The molecule has 1 spiro atoms. The highest BCUT2D eigenvalue weighted by atomic mass is 16.5. The van der Waals surface area contributed by atoms with Crippen LogP contribution in [0.4, 0.5) is 0 Å². The molecule has 5 rings (SSSR count). The van der Waals surface area contributed by atoms with Crippen LogP contribution in [0.2, 0.25) is 0 Å². The third kappa shape index (κ3) is 3.45. The summed E-state index contributed by atoms with van der Waals surface area (Å²) in [4.78, 5) is 5.31. The van der Waals surface area contributed by atoms with E-state index in [9.17, 15) is 5.11 Å². The fourth-order valence-electron chi connectivity index (χ4n) is 6.10. The number of ether oxygens (including phenoxy) is 2. The maximum absolute atomic E-state index is 10.2. The van der Waals surface area contributed by atoms with Crippen molar-refractivity contribution < 1.29 is 14.6 Å². The largest absolute Gasteiger partial charge is 0.493 e. The summed E-state index contributed by atoms with van der Waals surface area (Å²) < 4.78 is 12.1. The van der Waals surface area contributed by atoms with Crippen molar-refractivity contribution in [2.75, 3.05) is 33.3 Å². The Labute approximate surface area is 180 Å². The highest BCUT2D eigenvalue weighted by molar-refractivity contribution is 5.61. The van der Waals surface area contributed by atoms with Crippen molar-refractivity contribution in [3.8, 4) is 11.5 Å². The van der Waals surface area contributed by atoms with Gasteiger partial charge in [-0.3, -0.25) is 4.90 Å². The Hall–Kier alpha value is -1.56. The zero-order valence-electron chi connectivity index (χ0n) is 18.5. The van der Waals surface area contributed by atoms with Crippen LogP contribution in [0.1, 0.15) is 56.6 Å². The smallest absolute Gasteiger partial charge is 0.166 e. The van der Waals surface area contributed by atoms with Crippen molar-refractivity contribution >= 4 is 0 Å². The number of hydrogen-bond donors (Lipinski definition) is 1. The second kappa shape index (κ2) is 8.18. The van der Waals surface area contributed by atoms with Crippen LogP contribution in [0.15, 0.2) is 24.3 Å². The van der Waals surface area contributed by atoms with Gasteiger partial charge in [-0.15, -0.1) is 0 Å². The third-order valence-electron chi connectivity index (χ3n) is 7.91. The van der Waals surface area contributed by atoms with Gasteiger partial charge in [-0.05, 0) is 70.4 Å². The number of piperidine rings is 1. The summed E-state index contributed by atoms with van der Waals surface area (Å²) in [6, 6.07) is 4.94. The third-order valence-corrected chi connectivity index (χ3v) is 7.91. The first-order valence-electron chi connectivity index (χ1n) is 11.8. The number of rotatable bonds is 5. The molecule has 1 saturated heterocycles. The Morgan fingerprint density at radius 3 is 2.87 bits per heavy atom. The number of benzene rings is 1. The zero-order chi connectivity index (χ0) is 20.7. The Kier molecular flexibility index (Phi) is 5.55. The molecule has 3 aliphatic heterocycles. The van der Waals surface area contributed by atoms with Crippen molar-refractivity contribution in [3.05, 3.63) is 35.4 Å². The van der Waals surface area contributed by atoms with Crippen LogP contribution < -0.4 is 9.47 Å². The van der Waals surface area contributed by atoms with Crippen LogP contribution in [-0.4, -0.2) is 66.4 Å². The van der Waals surface area contributed by atoms with Crippen LogP contribution in [0.5, 0.6) is 11.5 Å². The van der Waals surface area contributed by atoms with E-state index in [1.807, 2.05) is 6.08 Å². The molecule has 1 unspecified atom stereocenters. The summed E-state index contributed by atoms with van der Waals surface area (Å²) in [5, 5.41) is 10.2. The second-order valence-corrected chi connectivity index (χ2v) is 9.70. The van der Waals surface area contributed by atoms with E-state index < -0.39 is 6.10 Å². The maximum Gasteiger partial charge on any atom is 0.166 e. The summed E-state index contributed by atoms with van der Waals surface area (Å²) in [5.41, 5.74) is 2.53. The molecule has 1 aromatic carbocycles. The maximum atomic E-state index is 10.2. The van der Waals surface area contributed by atoms with E-state index in [1.165, 1.54) is 49.9 Å². The molecule has 30 heavy (non-hydrogen) atoms. The van der Waals surface area contributed by atoms with Gasteiger partial charge in [0.15, 0.2) is 11.5 Å². The first kappa shape index (κ1) is 20.3. The van der Waals surface area contributed by atoms with Gasteiger partial charge in [0, 0.05) is 24.6 Å². The van der Waals surface area contributed by atoms with E-state index in [4.69, 9.17) is 9.47 Å². The highest BCUT2D eigenvalue weighted by Crippen LogP contribution is 2.55. The number of methoxy groups -OCH3 is 1. The first-order valence-corrected chi connectivity index (χ1v) is 11.8. The minimum absolute atomic E-state index is 0.00484. The molecule has 5 nitrogen and oxygen atoms in total. The van der Waals surface area contributed by atoms with Gasteiger partial charge in [-0.2, -0.15) is 0 Å². The number of hydrogen-bond acceptors (Lipinski definition) is 5. The normalized spacial score (nSPS) is 32.1. The molecule has 164 valence electrons. The summed E-state index contributed by atoms with van der Waals surface area (Å²) in [6.45, 7) is 8.09. The Bertz CT molecular complexity index is 804. The molecule has 1 aliphatic carbocycles. The standard InChI is InChI=1S/C25H36N2O3/c1-18(27-12-4-3-5-13-27)9-14-26-15-11-25-10-8-20(28)16-22(25)30-24-21(29-2)7-6-19(17-26)23(24)25/h6-8,10,18,20,22,28H,3-5,9,11-17H2,1-2H3/t18?,20-,22-,25+/m0/s1. The minimum Gasteiger partial charge on any atom is -0.493 e. The summed E-state index contributed by atoms with van der Waals surface area (Å²) >= 11 is 0. The van der Waals surface area contributed by atoms with Crippen molar-refractivity contribution in [3.63, 3.8) is 0 Å². The Balaban J connectivity index is 1.38. The number of likely N-dealkylation sites (tertiary alicyclic amines) is 1. The van der Waals surface area contributed by atoms with E-state index in [2.05, 4.69) is 34.9 Å². The topological polar surface area (TPSA) is 45.2 Å². The van der Waals surface area contributed by atoms with Crippen LogP contribution in [0.25, 0.3) is 0 Å². The van der Waals surface area contributed by atoms with E-state index in [0.29, 0.717) is 12.5 Å². The lowest BCUT2D eigenvalue weighted by Gasteiger charge is -2.36. The quantitative estimate of drug-likeness (QED) is 0.750. The fourth-order valence-corrected chi connectivity index (χ4v) is 6.10. The van der Waals surface area contributed by atoms with Crippen molar-refractivity contribution in [2.45, 2.75) is 75.7 Å². The highest BCUT2D eigenvalue weighted by Gasteiger charge is 2.52. The fraction of sp³-hybridized carbons (Fsp3) is 0.680. The van der Waals surface area contributed by atoms with Crippen molar-refractivity contribution in [1.29, 1.82) is 0 Å². The van der Waals surface area contributed by atoms with Crippen LogP contribution in [0.3, 0.4) is 0 Å². The van der Waals surface area contributed by atoms with Gasteiger partial charge in [0.2, 0.25) is 0 Å². The van der Waals surface area contributed by atoms with E-state index >= 15 is 0 Å². The molecule has 1 fully saturated rings. The van der Waals surface area contributed by atoms with Crippen LogP contribution in [0, 0.1) is 0 Å².